The second-order valence-electron chi connectivity index (χ2n) is 3.38. The summed E-state index contributed by atoms with van der Waals surface area (Å²) >= 11 is 0. The van der Waals surface area contributed by atoms with Crippen LogP contribution in [0.1, 0.15) is 10.4 Å². The summed E-state index contributed by atoms with van der Waals surface area (Å²) in [5.74, 6) is 0.123. The number of ether oxygens (including phenoxy) is 1. The Balaban J connectivity index is 2.24. The van der Waals surface area contributed by atoms with Crippen LogP contribution in [0.25, 0.3) is 0 Å². The number of aromatic nitrogens is 3. The predicted molar refractivity (Wildman–Crippen MR) is 65.2 cm³/mol. The van der Waals surface area contributed by atoms with Gasteiger partial charge < -0.3 is 10.5 Å². The molecule has 0 saturated heterocycles. The Labute approximate surface area is 103 Å². The molecular formula is C11H11N5O2. The highest BCUT2D eigenvalue weighted by Crippen LogP contribution is 2.21. The van der Waals surface area contributed by atoms with E-state index in [-0.39, 0.29) is 11.9 Å². The molecule has 3 N–H and O–H groups in total. The minimum Gasteiger partial charge on any atom is -0.496 e. The fourth-order valence-electron chi connectivity index (χ4n) is 1.37. The molecule has 7 nitrogen and oxygen atoms in total. The predicted octanol–water partition coefficient (Wildman–Crippen LogP) is 0.715. The van der Waals surface area contributed by atoms with Gasteiger partial charge in [0.25, 0.3) is 5.91 Å². The molecule has 1 heterocycles. The zero-order valence-corrected chi connectivity index (χ0v) is 9.62. The molecule has 2 aromatic rings. The lowest BCUT2D eigenvalue weighted by molar-refractivity contribution is 0.102. The molecule has 0 fully saturated rings. The molecule has 92 valence electrons. The van der Waals surface area contributed by atoms with Gasteiger partial charge in [0.2, 0.25) is 5.95 Å². The number of rotatable bonds is 3. The van der Waals surface area contributed by atoms with Gasteiger partial charge in [0.1, 0.15) is 5.75 Å². The van der Waals surface area contributed by atoms with Crippen LogP contribution >= 0.6 is 0 Å². The van der Waals surface area contributed by atoms with Crippen LogP contribution in [0.4, 0.5) is 11.6 Å². The number of nitrogens with zero attached hydrogens (tertiary/aromatic N) is 3. The highest BCUT2D eigenvalue weighted by Gasteiger charge is 2.13. The van der Waals surface area contributed by atoms with Crippen molar-refractivity contribution in [3.05, 3.63) is 36.2 Å². The van der Waals surface area contributed by atoms with E-state index >= 15 is 0 Å². The van der Waals surface area contributed by atoms with E-state index in [9.17, 15) is 4.79 Å². The molecule has 0 radical (unpaired) electrons. The van der Waals surface area contributed by atoms with Gasteiger partial charge in [0.05, 0.1) is 25.1 Å². The van der Waals surface area contributed by atoms with Gasteiger partial charge in [-0.25, -0.2) is 4.98 Å². The summed E-state index contributed by atoms with van der Waals surface area (Å²) in [6.45, 7) is 0. The van der Waals surface area contributed by atoms with Gasteiger partial charge in [-0.05, 0) is 12.1 Å². The standard InChI is InChI=1S/C11H11N5O2/c1-18-9-6-7(12)2-3-8(9)10(17)15-11-13-4-5-14-16-11/h2-6H,12H2,1H3,(H,13,15,16,17). The molecule has 0 bridgehead atoms. The molecule has 0 aliphatic carbocycles. The SMILES string of the molecule is COc1cc(N)ccc1C(=O)Nc1nccnn1. The first-order valence-electron chi connectivity index (χ1n) is 5.09. The maximum atomic E-state index is 12.0. The fourth-order valence-corrected chi connectivity index (χ4v) is 1.37. The van der Waals surface area contributed by atoms with E-state index in [0.717, 1.165) is 0 Å². The zero-order chi connectivity index (χ0) is 13.0. The Kier molecular flexibility index (Phi) is 3.33. The van der Waals surface area contributed by atoms with Gasteiger partial charge >= 0.3 is 0 Å². The molecule has 1 aromatic carbocycles. The molecule has 18 heavy (non-hydrogen) atoms. The first-order valence-corrected chi connectivity index (χ1v) is 5.09. The molecule has 0 spiro atoms. The summed E-state index contributed by atoms with van der Waals surface area (Å²) < 4.78 is 5.09. The van der Waals surface area contributed by atoms with E-state index in [0.29, 0.717) is 17.0 Å². The van der Waals surface area contributed by atoms with Crippen LogP contribution in [0.5, 0.6) is 5.75 Å². The number of nitrogens with two attached hydrogens (primary N) is 1. The highest BCUT2D eigenvalue weighted by molar-refractivity contribution is 6.05. The molecule has 7 heteroatoms. The summed E-state index contributed by atoms with van der Waals surface area (Å²) in [5.41, 5.74) is 6.47. The quantitative estimate of drug-likeness (QED) is 0.772. The monoisotopic (exact) mass is 245 g/mol. The maximum absolute atomic E-state index is 12.0. The summed E-state index contributed by atoms with van der Waals surface area (Å²) in [6.07, 6.45) is 2.85. The van der Waals surface area contributed by atoms with Gasteiger partial charge in [-0.3, -0.25) is 10.1 Å². The fraction of sp³-hybridized carbons (Fsp3) is 0.0909. The number of nitrogen functional groups attached to an aromatic ring is 1. The molecule has 0 aliphatic heterocycles. The van der Waals surface area contributed by atoms with Crippen LogP contribution in [-0.2, 0) is 0 Å². The summed E-state index contributed by atoms with van der Waals surface area (Å²) in [7, 11) is 1.46. The van der Waals surface area contributed by atoms with Crippen molar-refractivity contribution < 1.29 is 9.53 Å². The Morgan fingerprint density at radius 1 is 1.39 bits per heavy atom. The molecule has 2 rings (SSSR count). The lowest BCUT2D eigenvalue weighted by Gasteiger charge is -2.08. The molecule has 0 unspecified atom stereocenters. The largest absolute Gasteiger partial charge is 0.496 e. The Bertz CT molecular complexity index is 559. The number of amides is 1. The first-order chi connectivity index (χ1) is 8.70. The van der Waals surface area contributed by atoms with Gasteiger partial charge in [-0.2, -0.15) is 5.10 Å². The second-order valence-corrected chi connectivity index (χ2v) is 3.38. The number of hydrogen-bond acceptors (Lipinski definition) is 6. The van der Waals surface area contributed by atoms with Crippen LogP contribution in [0.15, 0.2) is 30.6 Å². The van der Waals surface area contributed by atoms with Gasteiger partial charge in [0, 0.05) is 11.8 Å². The van der Waals surface area contributed by atoms with E-state index in [4.69, 9.17) is 10.5 Å². The number of benzene rings is 1. The summed E-state index contributed by atoms with van der Waals surface area (Å²) in [5, 5.41) is 9.78. The van der Waals surface area contributed by atoms with E-state index < -0.39 is 0 Å². The van der Waals surface area contributed by atoms with Crippen molar-refractivity contribution in [1.82, 2.24) is 15.2 Å². The normalized spacial score (nSPS) is 9.83. The lowest BCUT2D eigenvalue weighted by Crippen LogP contribution is -2.15. The van der Waals surface area contributed by atoms with Crippen LogP contribution in [0.3, 0.4) is 0 Å². The van der Waals surface area contributed by atoms with Crippen molar-refractivity contribution in [1.29, 1.82) is 0 Å². The maximum Gasteiger partial charge on any atom is 0.261 e. The van der Waals surface area contributed by atoms with Crippen molar-refractivity contribution in [3.63, 3.8) is 0 Å². The summed E-state index contributed by atoms with van der Waals surface area (Å²) in [6, 6.07) is 4.75. The number of methoxy groups -OCH3 is 1. The van der Waals surface area contributed by atoms with Gasteiger partial charge in [-0.1, -0.05) is 0 Å². The third-order valence-electron chi connectivity index (χ3n) is 2.18. The molecule has 0 saturated carbocycles. The minimum absolute atomic E-state index is 0.126. The zero-order valence-electron chi connectivity index (χ0n) is 9.62. The van der Waals surface area contributed by atoms with E-state index in [1.54, 1.807) is 18.2 Å². The average Bonchev–Trinajstić information content (AvgIpc) is 2.39. The van der Waals surface area contributed by atoms with E-state index in [2.05, 4.69) is 20.5 Å². The third-order valence-corrected chi connectivity index (χ3v) is 2.18. The van der Waals surface area contributed by atoms with E-state index in [1.165, 1.54) is 19.5 Å². The van der Waals surface area contributed by atoms with Gasteiger partial charge in [0.15, 0.2) is 0 Å². The van der Waals surface area contributed by atoms with Crippen molar-refractivity contribution in [2.75, 3.05) is 18.2 Å². The topological polar surface area (TPSA) is 103 Å². The Morgan fingerprint density at radius 3 is 2.89 bits per heavy atom. The van der Waals surface area contributed by atoms with Crippen molar-refractivity contribution in [2.24, 2.45) is 0 Å². The van der Waals surface area contributed by atoms with Crippen LogP contribution in [0.2, 0.25) is 0 Å². The molecular weight excluding hydrogens is 234 g/mol. The lowest BCUT2D eigenvalue weighted by atomic mass is 10.1. The Hall–Kier alpha value is -2.70. The summed E-state index contributed by atoms with van der Waals surface area (Å²) in [4.78, 5) is 15.8. The van der Waals surface area contributed by atoms with Crippen molar-refractivity contribution in [2.45, 2.75) is 0 Å². The van der Waals surface area contributed by atoms with Crippen LogP contribution in [-0.4, -0.2) is 28.2 Å². The number of anilines is 2. The molecule has 0 aliphatic rings. The average molecular weight is 245 g/mol. The van der Waals surface area contributed by atoms with E-state index in [1.807, 2.05) is 0 Å². The minimum atomic E-state index is -0.389. The molecule has 1 aromatic heterocycles. The Morgan fingerprint density at radius 2 is 2.22 bits per heavy atom. The first kappa shape index (κ1) is 11.8. The number of hydrogen-bond donors (Lipinski definition) is 2. The highest BCUT2D eigenvalue weighted by atomic mass is 16.5. The smallest absolute Gasteiger partial charge is 0.261 e. The number of carbonyl (C=O) groups excluding carboxylic acids is 1. The van der Waals surface area contributed by atoms with Crippen molar-refractivity contribution in [3.8, 4) is 5.75 Å². The number of carbonyl (C=O) groups is 1. The van der Waals surface area contributed by atoms with Crippen LogP contribution < -0.4 is 15.8 Å². The molecule has 1 amide bonds. The molecule has 0 atom stereocenters. The van der Waals surface area contributed by atoms with Crippen molar-refractivity contribution >= 4 is 17.5 Å². The van der Waals surface area contributed by atoms with Crippen LogP contribution in [0, 0.1) is 0 Å². The second kappa shape index (κ2) is 5.09. The third kappa shape index (κ3) is 2.51. The number of nitrogens with one attached hydrogen (secondary N) is 1. The van der Waals surface area contributed by atoms with Gasteiger partial charge in [-0.15, -0.1) is 5.10 Å².